The molecule has 0 aliphatic rings. The number of aromatic nitrogens is 2. The van der Waals surface area contributed by atoms with E-state index in [0.717, 1.165) is 35.3 Å². The molecule has 0 bridgehead atoms. The van der Waals surface area contributed by atoms with Crippen LogP contribution in [0.3, 0.4) is 0 Å². The Labute approximate surface area is 174 Å². The third-order valence-electron chi connectivity index (χ3n) is 5.38. The van der Waals surface area contributed by atoms with Crippen LogP contribution in [0.25, 0.3) is 22.5 Å². The third kappa shape index (κ3) is 4.66. The average Bonchev–Trinajstić information content (AvgIpc) is 3.18. The van der Waals surface area contributed by atoms with Crippen molar-refractivity contribution in [2.75, 3.05) is 0 Å². The van der Waals surface area contributed by atoms with Crippen LogP contribution in [0.15, 0.2) is 55.0 Å². The Hall–Kier alpha value is -3.12. The fourth-order valence-electron chi connectivity index (χ4n) is 3.61. The second-order valence-electron chi connectivity index (χ2n) is 7.55. The molecular formula is C26H29N3. The van der Waals surface area contributed by atoms with Gasteiger partial charge in [0.05, 0.1) is 5.56 Å². The lowest BCUT2D eigenvalue weighted by atomic mass is 9.96. The normalized spacial score (nSPS) is 11.5. The Morgan fingerprint density at radius 2 is 2.00 bits per heavy atom. The van der Waals surface area contributed by atoms with E-state index in [2.05, 4.69) is 69.1 Å². The Kier molecular flexibility index (Phi) is 6.67. The van der Waals surface area contributed by atoms with Crippen molar-refractivity contribution in [3.05, 3.63) is 77.3 Å². The number of pyridine rings is 1. The van der Waals surface area contributed by atoms with Gasteiger partial charge >= 0.3 is 0 Å². The first-order valence-corrected chi connectivity index (χ1v) is 10.4. The molecule has 2 aromatic heterocycles. The van der Waals surface area contributed by atoms with Crippen molar-refractivity contribution in [2.24, 2.45) is 0 Å². The van der Waals surface area contributed by atoms with Crippen molar-refractivity contribution in [2.45, 2.75) is 53.4 Å². The van der Waals surface area contributed by atoms with Crippen LogP contribution in [0.5, 0.6) is 0 Å². The largest absolute Gasteiger partial charge is 0.307 e. The summed E-state index contributed by atoms with van der Waals surface area (Å²) >= 11 is 0. The summed E-state index contributed by atoms with van der Waals surface area (Å²) in [7, 11) is 0. The predicted octanol–water partition coefficient (Wildman–Crippen LogP) is 6.88. The predicted molar refractivity (Wildman–Crippen MR) is 121 cm³/mol. The zero-order chi connectivity index (χ0) is 20.8. The molecule has 0 amide bonds. The fourth-order valence-corrected chi connectivity index (χ4v) is 3.61. The molecule has 1 aromatic carbocycles. The van der Waals surface area contributed by atoms with Gasteiger partial charge in [0.15, 0.2) is 0 Å². The van der Waals surface area contributed by atoms with Crippen LogP contribution in [0.1, 0.15) is 62.3 Å². The van der Waals surface area contributed by atoms with Crippen molar-refractivity contribution in [1.82, 2.24) is 9.55 Å². The van der Waals surface area contributed by atoms with Crippen LogP contribution < -0.4 is 0 Å². The van der Waals surface area contributed by atoms with Crippen molar-refractivity contribution in [3.63, 3.8) is 0 Å². The fraction of sp³-hybridized carbons (Fsp3) is 0.308. The van der Waals surface area contributed by atoms with Gasteiger partial charge in [0.25, 0.3) is 0 Å². The molecule has 0 atom stereocenters. The minimum atomic E-state index is 0.670. The van der Waals surface area contributed by atoms with E-state index in [-0.39, 0.29) is 0 Å². The third-order valence-corrected chi connectivity index (χ3v) is 5.38. The van der Waals surface area contributed by atoms with Crippen LogP contribution in [0.2, 0.25) is 0 Å². The molecule has 0 unspecified atom stereocenters. The molecule has 0 spiro atoms. The molecule has 29 heavy (non-hydrogen) atoms. The van der Waals surface area contributed by atoms with Crippen LogP contribution >= 0.6 is 0 Å². The van der Waals surface area contributed by atoms with Gasteiger partial charge in [0.1, 0.15) is 11.9 Å². The molecule has 0 aliphatic carbocycles. The standard InChI is InChI=1S/C26H29N3/c1-5-7-9-21-14-23(11-10-20(21)4)25-18-29(17-24(25)16-27)26-15-22(12-13-28-26)19(3)8-6-2/h8,10-15,17-18H,5-7,9H2,1-4H3. The number of benzene rings is 1. The maximum atomic E-state index is 9.73. The number of rotatable bonds is 7. The Balaban J connectivity index is 2.02. The molecule has 2 heterocycles. The highest BCUT2D eigenvalue weighted by molar-refractivity contribution is 5.72. The van der Waals surface area contributed by atoms with Gasteiger partial charge < -0.3 is 4.57 Å². The van der Waals surface area contributed by atoms with E-state index < -0.39 is 0 Å². The summed E-state index contributed by atoms with van der Waals surface area (Å²) in [4.78, 5) is 4.53. The van der Waals surface area contributed by atoms with Crippen LogP contribution in [0, 0.1) is 18.3 Å². The zero-order valence-electron chi connectivity index (χ0n) is 17.9. The molecule has 0 N–H and O–H groups in total. The summed E-state index contributed by atoms with van der Waals surface area (Å²) in [6, 6.07) is 13.0. The second-order valence-corrected chi connectivity index (χ2v) is 7.55. The number of nitriles is 1. The van der Waals surface area contributed by atoms with Crippen LogP contribution in [-0.4, -0.2) is 9.55 Å². The number of hydrogen-bond donors (Lipinski definition) is 0. The smallest absolute Gasteiger partial charge is 0.137 e. The molecule has 3 heteroatoms. The molecule has 3 nitrogen and oxygen atoms in total. The lowest BCUT2D eigenvalue weighted by Gasteiger charge is -2.08. The van der Waals surface area contributed by atoms with E-state index in [9.17, 15) is 5.26 Å². The first-order chi connectivity index (χ1) is 14.1. The van der Waals surface area contributed by atoms with Crippen molar-refractivity contribution >= 4 is 5.57 Å². The molecule has 148 valence electrons. The topological polar surface area (TPSA) is 41.6 Å². The van der Waals surface area contributed by atoms with E-state index in [4.69, 9.17) is 0 Å². The van der Waals surface area contributed by atoms with Gasteiger partial charge in [-0.15, -0.1) is 0 Å². The summed E-state index contributed by atoms with van der Waals surface area (Å²) in [5.41, 5.74) is 7.79. The maximum absolute atomic E-state index is 9.73. The van der Waals surface area contributed by atoms with E-state index >= 15 is 0 Å². The highest BCUT2D eigenvalue weighted by Gasteiger charge is 2.12. The van der Waals surface area contributed by atoms with Crippen molar-refractivity contribution in [3.8, 4) is 23.0 Å². The number of allylic oxidation sites excluding steroid dienone is 2. The van der Waals surface area contributed by atoms with Gasteiger partial charge in [-0.1, -0.05) is 44.5 Å². The molecule has 0 fully saturated rings. The zero-order valence-corrected chi connectivity index (χ0v) is 17.9. The Morgan fingerprint density at radius 1 is 1.17 bits per heavy atom. The summed E-state index contributed by atoms with van der Waals surface area (Å²) in [6.07, 6.45) is 12.4. The van der Waals surface area contributed by atoms with Crippen molar-refractivity contribution in [1.29, 1.82) is 5.26 Å². The molecule has 0 saturated heterocycles. The van der Waals surface area contributed by atoms with Gasteiger partial charge in [0.2, 0.25) is 0 Å². The van der Waals surface area contributed by atoms with Crippen LogP contribution in [-0.2, 0) is 6.42 Å². The first-order valence-electron chi connectivity index (χ1n) is 10.4. The highest BCUT2D eigenvalue weighted by atomic mass is 15.0. The molecule has 3 rings (SSSR count). The quantitative estimate of drug-likeness (QED) is 0.446. The van der Waals surface area contributed by atoms with Gasteiger partial charge in [0, 0.05) is 24.2 Å². The summed E-state index contributed by atoms with van der Waals surface area (Å²) < 4.78 is 1.96. The molecule has 0 radical (unpaired) electrons. The average molecular weight is 384 g/mol. The molecule has 3 aromatic rings. The second kappa shape index (κ2) is 9.39. The lowest BCUT2D eigenvalue weighted by Crippen LogP contribution is -1.95. The van der Waals surface area contributed by atoms with E-state index in [1.54, 1.807) is 0 Å². The number of unbranched alkanes of at least 4 members (excludes halogenated alkanes) is 1. The minimum Gasteiger partial charge on any atom is -0.307 e. The highest BCUT2D eigenvalue weighted by Crippen LogP contribution is 2.29. The van der Waals surface area contributed by atoms with E-state index in [0.29, 0.717) is 5.56 Å². The minimum absolute atomic E-state index is 0.670. The molecule has 0 saturated carbocycles. The maximum Gasteiger partial charge on any atom is 0.137 e. The number of aryl methyl sites for hydroxylation is 2. The first kappa shape index (κ1) is 20.6. The van der Waals surface area contributed by atoms with Gasteiger partial charge in [-0.05, 0) is 73.1 Å². The summed E-state index contributed by atoms with van der Waals surface area (Å²) in [5.74, 6) is 0.826. The van der Waals surface area contributed by atoms with Crippen LogP contribution in [0.4, 0.5) is 0 Å². The van der Waals surface area contributed by atoms with E-state index in [1.165, 1.54) is 29.5 Å². The molecular weight excluding hydrogens is 354 g/mol. The monoisotopic (exact) mass is 383 g/mol. The Morgan fingerprint density at radius 3 is 2.72 bits per heavy atom. The van der Waals surface area contributed by atoms with Gasteiger partial charge in [-0.25, -0.2) is 4.98 Å². The number of hydrogen-bond acceptors (Lipinski definition) is 2. The summed E-state index contributed by atoms with van der Waals surface area (Å²) in [5, 5.41) is 9.73. The van der Waals surface area contributed by atoms with E-state index in [1.807, 2.05) is 29.2 Å². The lowest BCUT2D eigenvalue weighted by molar-refractivity contribution is 0.791. The van der Waals surface area contributed by atoms with Gasteiger partial charge in [-0.3, -0.25) is 0 Å². The van der Waals surface area contributed by atoms with Gasteiger partial charge in [-0.2, -0.15) is 5.26 Å². The molecule has 0 aliphatic heterocycles. The summed E-state index contributed by atoms with van der Waals surface area (Å²) in [6.45, 7) is 8.63. The van der Waals surface area contributed by atoms with Crippen molar-refractivity contribution < 1.29 is 0 Å². The SMILES string of the molecule is CCC=C(C)c1ccnc(-n2cc(C#N)c(-c3ccc(C)c(CCCC)c3)c2)c1. The number of nitrogens with zero attached hydrogens (tertiary/aromatic N) is 3. The Bertz CT molecular complexity index is 1060.